The molecule has 1 heterocycles. The van der Waals surface area contributed by atoms with Crippen LogP contribution < -0.4 is 5.73 Å². The van der Waals surface area contributed by atoms with E-state index in [0.29, 0.717) is 5.96 Å². The smallest absolute Gasteiger partial charge is 0.191 e. The molecule has 2 rings (SSSR count). The van der Waals surface area contributed by atoms with E-state index in [9.17, 15) is 0 Å². The molecule has 1 aliphatic rings. The van der Waals surface area contributed by atoms with E-state index >= 15 is 0 Å². The molecule has 0 saturated carbocycles. The Kier molecular flexibility index (Phi) is 7.47. The van der Waals surface area contributed by atoms with Crippen LogP contribution in [0.15, 0.2) is 33.7 Å². The minimum Gasteiger partial charge on any atom is -0.370 e. The molecule has 118 valence electrons. The van der Waals surface area contributed by atoms with Crippen molar-refractivity contribution in [3.63, 3.8) is 0 Å². The van der Waals surface area contributed by atoms with Crippen LogP contribution in [0.3, 0.4) is 0 Å². The molecule has 0 unspecified atom stereocenters. The predicted molar refractivity (Wildman–Crippen MR) is 104 cm³/mol. The van der Waals surface area contributed by atoms with Crippen LogP contribution in [0.25, 0.3) is 0 Å². The van der Waals surface area contributed by atoms with Gasteiger partial charge < -0.3 is 10.6 Å². The maximum atomic E-state index is 6.13. The minimum atomic E-state index is 0. The number of piperidine rings is 1. The molecule has 1 saturated heterocycles. The molecule has 2 N–H and O–H groups in total. The molecule has 0 atom stereocenters. The zero-order chi connectivity index (χ0) is 14.6. The average molecular weight is 466 g/mol. The van der Waals surface area contributed by atoms with Crippen LogP contribution >= 0.6 is 39.9 Å². The SMILES string of the molecule is CC(C)(CN=C(N)N1CCCCC1)c1ccc(Br)cc1.I. The van der Waals surface area contributed by atoms with Crippen LogP contribution in [0, 0.1) is 0 Å². The third kappa shape index (κ3) is 5.43. The Morgan fingerprint density at radius 2 is 1.76 bits per heavy atom. The van der Waals surface area contributed by atoms with Crippen molar-refractivity contribution in [1.29, 1.82) is 0 Å². The Labute approximate surface area is 153 Å². The summed E-state index contributed by atoms with van der Waals surface area (Å²) in [6, 6.07) is 8.46. The van der Waals surface area contributed by atoms with Crippen LogP contribution in [0.4, 0.5) is 0 Å². The van der Waals surface area contributed by atoms with E-state index in [1.165, 1.54) is 24.8 Å². The number of aliphatic imine (C=N–C) groups is 1. The first-order valence-electron chi connectivity index (χ1n) is 7.30. The standard InChI is InChI=1S/C16H24BrN3.HI/c1-16(2,13-6-8-14(17)9-7-13)12-19-15(18)20-10-4-3-5-11-20;/h6-9H,3-5,10-12H2,1-2H3,(H2,18,19);1H. The number of guanidine groups is 1. The summed E-state index contributed by atoms with van der Waals surface area (Å²) in [7, 11) is 0. The van der Waals surface area contributed by atoms with Gasteiger partial charge in [0, 0.05) is 23.0 Å². The van der Waals surface area contributed by atoms with Crippen molar-refractivity contribution in [2.45, 2.75) is 38.5 Å². The summed E-state index contributed by atoms with van der Waals surface area (Å²) in [6.45, 7) is 7.24. The molecule has 0 amide bonds. The lowest BCUT2D eigenvalue weighted by atomic mass is 9.85. The zero-order valence-electron chi connectivity index (χ0n) is 12.8. The second-order valence-electron chi connectivity index (χ2n) is 6.11. The lowest BCUT2D eigenvalue weighted by Gasteiger charge is -2.29. The molecule has 1 aliphatic heterocycles. The first-order valence-corrected chi connectivity index (χ1v) is 8.09. The van der Waals surface area contributed by atoms with Gasteiger partial charge in [0.15, 0.2) is 5.96 Å². The lowest BCUT2D eigenvalue weighted by Crippen LogP contribution is -2.41. The number of nitrogens with zero attached hydrogens (tertiary/aromatic N) is 2. The van der Waals surface area contributed by atoms with E-state index in [1.54, 1.807) is 0 Å². The second-order valence-corrected chi connectivity index (χ2v) is 7.03. The summed E-state index contributed by atoms with van der Waals surface area (Å²) < 4.78 is 1.10. The number of benzene rings is 1. The van der Waals surface area contributed by atoms with Gasteiger partial charge in [-0.1, -0.05) is 41.9 Å². The molecule has 0 radical (unpaired) electrons. The van der Waals surface area contributed by atoms with Crippen molar-refractivity contribution in [2.75, 3.05) is 19.6 Å². The maximum absolute atomic E-state index is 6.13. The summed E-state index contributed by atoms with van der Waals surface area (Å²) in [5.74, 6) is 0.704. The van der Waals surface area contributed by atoms with Crippen molar-refractivity contribution >= 4 is 45.9 Å². The minimum absolute atomic E-state index is 0. The van der Waals surface area contributed by atoms with Crippen LogP contribution in [0.5, 0.6) is 0 Å². The highest BCUT2D eigenvalue weighted by atomic mass is 127. The summed E-state index contributed by atoms with van der Waals surface area (Å²) >= 11 is 3.47. The fourth-order valence-corrected chi connectivity index (χ4v) is 2.76. The molecule has 1 aromatic rings. The summed E-state index contributed by atoms with van der Waals surface area (Å²) in [5.41, 5.74) is 7.42. The fraction of sp³-hybridized carbons (Fsp3) is 0.562. The van der Waals surface area contributed by atoms with E-state index in [4.69, 9.17) is 5.73 Å². The first-order chi connectivity index (χ1) is 9.49. The van der Waals surface area contributed by atoms with Gasteiger partial charge in [0.1, 0.15) is 0 Å². The van der Waals surface area contributed by atoms with Gasteiger partial charge in [0.2, 0.25) is 0 Å². The summed E-state index contributed by atoms with van der Waals surface area (Å²) in [5, 5.41) is 0. The fourth-order valence-electron chi connectivity index (χ4n) is 2.49. The second kappa shape index (κ2) is 8.36. The summed E-state index contributed by atoms with van der Waals surface area (Å²) in [6.07, 6.45) is 3.77. The van der Waals surface area contributed by atoms with Crippen molar-refractivity contribution in [2.24, 2.45) is 10.7 Å². The third-order valence-corrected chi connectivity index (χ3v) is 4.47. The van der Waals surface area contributed by atoms with Crippen LogP contribution in [-0.2, 0) is 5.41 Å². The highest BCUT2D eigenvalue weighted by molar-refractivity contribution is 14.0. The number of hydrogen-bond donors (Lipinski definition) is 1. The Morgan fingerprint density at radius 1 is 1.19 bits per heavy atom. The average Bonchev–Trinajstić information content (AvgIpc) is 2.46. The van der Waals surface area contributed by atoms with Crippen molar-refractivity contribution in [3.8, 4) is 0 Å². The van der Waals surface area contributed by atoms with Gasteiger partial charge in [-0.05, 0) is 37.0 Å². The van der Waals surface area contributed by atoms with Gasteiger partial charge in [-0.2, -0.15) is 0 Å². The Morgan fingerprint density at radius 3 is 2.33 bits per heavy atom. The van der Waals surface area contributed by atoms with Crippen LogP contribution in [0.1, 0.15) is 38.7 Å². The number of rotatable bonds is 3. The lowest BCUT2D eigenvalue weighted by molar-refractivity contribution is 0.337. The number of hydrogen-bond acceptors (Lipinski definition) is 1. The van der Waals surface area contributed by atoms with E-state index < -0.39 is 0 Å². The van der Waals surface area contributed by atoms with E-state index in [0.717, 1.165) is 24.1 Å². The topological polar surface area (TPSA) is 41.6 Å². The quantitative estimate of drug-likeness (QED) is 0.414. The van der Waals surface area contributed by atoms with Crippen molar-refractivity contribution in [1.82, 2.24) is 4.90 Å². The molecule has 21 heavy (non-hydrogen) atoms. The van der Waals surface area contributed by atoms with Gasteiger partial charge in [-0.3, -0.25) is 4.99 Å². The number of halogens is 2. The van der Waals surface area contributed by atoms with Crippen molar-refractivity contribution < 1.29 is 0 Å². The van der Waals surface area contributed by atoms with Crippen LogP contribution in [0.2, 0.25) is 0 Å². The van der Waals surface area contributed by atoms with E-state index in [2.05, 4.69) is 63.9 Å². The maximum Gasteiger partial charge on any atom is 0.191 e. The molecule has 0 aromatic heterocycles. The molecule has 0 bridgehead atoms. The molecule has 0 aliphatic carbocycles. The number of nitrogens with two attached hydrogens (primary N) is 1. The van der Waals surface area contributed by atoms with Gasteiger partial charge in [0.05, 0.1) is 6.54 Å². The Hall–Kier alpha value is -0.300. The van der Waals surface area contributed by atoms with E-state index in [1.807, 2.05) is 0 Å². The Bertz CT molecular complexity index is 465. The van der Waals surface area contributed by atoms with Crippen LogP contribution in [-0.4, -0.2) is 30.5 Å². The molecule has 5 heteroatoms. The molecule has 3 nitrogen and oxygen atoms in total. The first kappa shape index (κ1) is 18.7. The normalized spacial score (nSPS) is 16.5. The highest BCUT2D eigenvalue weighted by Gasteiger charge is 2.21. The molecule has 1 fully saturated rings. The van der Waals surface area contributed by atoms with Gasteiger partial charge in [0.25, 0.3) is 0 Å². The molecule has 0 spiro atoms. The van der Waals surface area contributed by atoms with Gasteiger partial charge >= 0.3 is 0 Å². The van der Waals surface area contributed by atoms with Crippen molar-refractivity contribution in [3.05, 3.63) is 34.3 Å². The Balaban J connectivity index is 0.00000220. The molecular weight excluding hydrogens is 441 g/mol. The monoisotopic (exact) mass is 465 g/mol. The summed E-state index contributed by atoms with van der Waals surface area (Å²) in [4.78, 5) is 6.84. The molecular formula is C16H25BrIN3. The highest BCUT2D eigenvalue weighted by Crippen LogP contribution is 2.25. The zero-order valence-corrected chi connectivity index (χ0v) is 16.7. The molecule has 1 aromatic carbocycles. The van der Waals surface area contributed by atoms with Gasteiger partial charge in [-0.15, -0.1) is 24.0 Å². The predicted octanol–water partition coefficient (Wildman–Crippen LogP) is 4.15. The third-order valence-electron chi connectivity index (χ3n) is 3.94. The van der Waals surface area contributed by atoms with E-state index in [-0.39, 0.29) is 29.4 Å². The number of likely N-dealkylation sites (tertiary alicyclic amines) is 1. The van der Waals surface area contributed by atoms with Gasteiger partial charge in [-0.25, -0.2) is 0 Å². The largest absolute Gasteiger partial charge is 0.370 e.